The third-order valence-electron chi connectivity index (χ3n) is 16.8. The van der Waals surface area contributed by atoms with Crippen molar-refractivity contribution < 1.29 is 0 Å². The molecule has 0 N–H and O–H groups in total. The first-order chi connectivity index (χ1) is 40.1. The van der Waals surface area contributed by atoms with E-state index in [1.807, 2.05) is 54.6 Å². The van der Waals surface area contributed by atoms with Gasteiger partial charge in [-0.3, -0.25) is 0 Å². The van der Waals surface area contributed by atoms with Crippen LogP contribution in [0.4, 0.5) is 0 Å². The summed E-state index contributed by atoms with van der Waals surface area (Å²) in [6.45, 7) is 0. The Morgan fingerprint density at radius 3 is 1.02 bits per heavy atom. The van der Waals surface area contributed by atoms with Crippen molar-refractivity contribution in [2.75, 3.05) is 0 Å². The summed E-state index contributed by atoms with van der Waals surface area (Å²) < 4.78 is 0. The van der Waals surface area contributed by atoms with Gasteiger partial charge in [0.25, 0.3) is 0 Å². The zero-order valence-electron chi connectivity index (χ0n) is 43.9. The number of fused-ring (bicyclic) bond motifs is 3. The molecule has 0 spiro atoms. The van der Waals surface area contributed by atoms with Gasteiger partial charge < -0.3 is 0 Å². The minimum Gasteiger partial charge on any atom is -0.208 e. The predicted octanol–water partition coefficient (Wildman–Crippen LogP) is 17.1. The third kappa shape index (κ3) is 7.56. The number of aromatic nitrogens is 6. The molecule has 2 bridgehead atoms. The Labute approximate surface area is 470 Å². The average Bonchev–Trinajstić information content (AvgIpc) is 2.79. The lowest BCUT2D eigenvalue weighted by Gasteiger charge is -2.42. The topological polar surface area (TPSA) is 77.3 Å². The molecule has 0 radical (unpaired) electrons. The number of rotatable bonds is 9. The summed E-state index contributed by atoms with van der Waals surface area (Å²) in [7, 11) is 0. The summed E-state index contributed by atoms with van der Waals surface area (Å²) in [5, 5.41) is 0. The molecule has 13 aromatic rings. The van der Waals surface area contributed by atoms with Crippen LogP contribution in [0.25, 0.3) is 90.6 Å². The van der Waals surface area contributed by atoms with Gasteiger partial charge in [-0.15, -0.1) is 0 Å². The highest BCUT2D eigenvalue weighted by Gasteiger charge is 2.46. The lowest BCUT2D eigenvalue weighted by Crippen LogP contribution is -2.28. The Morgan fingerprint density at radius 2 is 0.543 bits per heavy atom. The van der Waals surface area contributed by atoms with Gasteiger partial charge in [-0.05, 0) is 102 Å². The molecule has 2 unspecified atom stereocenters. The molecule has 2 atom stereocenters. The van der Waals surface area contributed by atoms with E-state index in [0.29, 0.717) is 34.9 Å². The van der Waals surface area contributed by atoms with Crippen molar-refractivity contribution in [2.45, 2.75) is 17.3 Å². The van der Waals surface area contributed by atoms with Crippen LogP contribution >= 0.6 is 0 Å². The standard InChI is InChI=1S/C75H48N6/c1-6-21-47(22-7-1)69-76-70(48-23-8-2-9-24-48)79-73(78-69)53-37-40-60-63(45-53)67-58-34-16-17-35-59(58)68(60)64-46-54(38-41-61(64)67)74-80-71(49-25-10-3-11-26-49)77-72(81-74)52-28-20-27-50(43-52)51-39-42-66-62(44-51)57-33-18-19-36-65(57)75(66,55-29-12-4-13-30-55)56-31-14-5-15-32-56/h1-46,67-68H. The molecule has 0 amide bonds. The van der Waals surface area contributed by atoms with Gasteiger partial charge in [-0.1, -0.05) is 255 Å². The van der Waals surface area contributed by atoms with Crippen LogP contribution in [0.3, 0.4) is 0 Å². The Balaban J connectivity index is 0.792. The monoisotopic (exact) mass is 1030 g/mol. The van der Waals surface area contributed by atoms with Crippen LogP contribution in [0.1, 0.15) is 67.5 Å². The molecule has 6 nitrogen and oxygen atoms in total. The van der Waals surface area contributed by atoms with Crippen LogP contribution in [0, 0.1) is 0 Å². The summed E-state index contributed by atoms with van der Waals surface area (Å²) in [5.74, 6) is 3.81. The van der Waals surface area contributed by atoms with Crippen molar-refractivity contribution in [3.63, 3.8) is 0 Å². The minimum atomic E-state index is -0.464. The smallest absolute Gasteiger partial charge is 0.164 e. The molecule has 4 aliphatic rings. The number of nitrogens with zero attached hydrogens (tertiary/aromatic N) is 6. The largest absolute Gasteiger partial charge is 0.208 e. The molecule has 17 rings (SSSR count). The molecule has 0 saturated carbocycles. The molecule has 11 aromatic carbocycles. The van der Waals surface area contributed by atoms with Gasteiger partial charge in [0.1, 0.15) is 0 Å². The lowest BCUT2D eigenvalue weighted by atomic mass is 9.61. The summed E-state index contributed by atoms with van der Waals surface area (Å²) in [5.41, 5.74) is 22.7. The van der Waals surface area contributed by atoms with Gasteiger partial charge in [-0.25, -0.2) is 29.9 Å². The maximum Gasteiger partial charge on any atom is 0.164 e. The predicted molar refractivity (Wildman–Crippen MR) is 323 cm³/mol. The first-order valence-corrected chi connectivity index (χ1v) is 27.7. The second-order valence-corrected chi connectivity index (χ2v) is 21.3. The first kappa shape index (κ1) is 46.5. The van der Waals surface area contributed by atoms with E-state index >= 15 is 0 Å². The van der Waals surface area contributed by atoms with E-state index in [2.05, 4.69) is 224 Å². The highest BCUT2D eigenvalue weighted by molar-refractivity contribution is 5.89. The normalized spacial score (nSPS) is 14.8. The molecule has 0 fully saturated rings. The van der Waals surface area contributed by atoms with E-state index in [-0.39, 0.29) is 11.8 Å². The van der Waals surface area contributed by atoms with Crippen molar-refractivity contribution in [2.24, 2.45) is 0 Å². The van der Waals surface area contributed by atoms with E-state index < -0.39 is 5.41 Å². The van der Waals surface area contributed by atoms with Crippen molar-refractivity contribution in [3.8, 4) is 90.6 Å². The van der Waals surface area contributed by atoms with Gasteiger partial charge in [0.05, 0.1) is 5.41 Å². The second-order valence-electron chi connectivity index (χ2n) is 21.3. The van der Waals surface area contributed by atoms with E-state index in [0.717, 1.165) is 44.5 Å². The molecule has 0 aliphatic heterocycles. The van der Waals surface area contributed by atoms with E-state index in [9.17, 15) is 0 Å². The van der Waals surface area contributed by atoms with E-state index in [1.54, 1.807) is 0 Å². The van der Waals surface area contributed by atoms with Crippen molar-refractivity contribution >= 4 is 0 Å². The molecule has 6 heteroatoms. The molecular formula is C75H48N6. The van der Waals surface area contributed by atoms with Crippen molar-refractivity contribution in [1.82, 2.24) is 29.9 Å². The maximum absolute atomic E-state index is 5.37. The quantitative estimate of drug-likeness (QED) is 0.143. The fourth-order valence-corrected chi connectivity index (χ4v) is 13.3. The van der Waals surface area contributed by atoms with Gasteiger partial charge in [0.15, 0.2) is 34.9 Å². The number of benzene rings is 11. The average molecular weight is 1030 g/mol. The highest BCUT2D eigenvalue weighted by Crippen LogP contribution is 2.58. The molecule has 0 saturated heterocycles. The Morgan fingerprint density at radius 1 is 0.210 bits per heavy atom. The molecule has 2 heterocycles. The molecule has 2 aromatic heterocycles. The second kappa shape index (κ2) is 18.8. The van der Waals surface area contributed by atoms with Crippen LogP contribution in [0.5, 0.6) is 0 Å². The van der Waals surface area contributed by atoms with Crippen LogP contribution in [-0.4, -0.2) is 29.9 Å². The summed E-state index contributed by atoms with van der Waals surface area (Å²) >= 11 is 0. The fraction of sp³-hybridized carbons (Fsp3) is 0.0400. The van der Waals surface area contributed by atoms with Crippen LogP contribution in [0.15, 0.2) is 279 Å². The van der Waals surface area contributed by atoms with Crippen LogP contribution in [0.2, 0.25) is 0 Å². The lowest BCUT2D eigenvalue weighted by molar-refractivity contribution is 0.754. The Kier molecular flexibility index (Phi) is 10.8. The third-order valence-corrected chi connectivity index (χ3v) is 16.8. The molecule has 4 aliphatic carbocycles. The molecule has 81 heavy (non-hydrogen) atoms. The summed E-state index contributed by atoms with van der Waals surface area (Å²) in [6.07, 6.45) is 0. The van der Waals surface area contributed by atoms with Crippen molar-refractivity contribution in [3.05, 3.63) is 335 Å². The van der Waals surface area contributed by atoms with Gasteiger partial charge in [-0.2, -0.15) is 0 Å². The van der Waals surface area contributed by atoms with Gasteiger partial charge >= 0.3 is 0 Å². The van der Waals surface area contributed by atoms with Gasteiger partial charge in [0.2, 0.25) is 0 Å². The number of hydrogen-bond acceptors (Lipinski definition) is 6. The minimum absolute atomic E-state index is 0.000249. The Hall–Kier alpha value is -10.6. The summed E-state index contributed by atoms with van der Waals surface area (Å²) in [6, 6.07) is 99.7. The first-order valence-electron chi connectivity index (χ1n) is 27.7. The van der Waals surface area contributed by atoms with Crippen molar-refractivity contribution in [1.29, 1.82) is 0 Å². The zero-order chi connectivity index (χ0) is 53.4. The SMILES string of the molecule is c1ccc(-c2nc(-c3ccccc3)nc(-c3ccc4c(c3)C3c5ccccc5C4c4cc(-c5nc(-c6ccccc6)nc(-c6cccc(-c7ccc8c(c7)-c7ccccc7C8(c7ccccc7)c7ccccc7)c6)n5)ccc43)n2)cc1. The highest BCUT2D eigenvalue weighted by atomic mass is 15.0. The van der Waals surface area contributed by atoms with E-state index in [1.165, 1.54) is 66.8 Å². The molecular weight excluding hydrogens is 985 g/mol. The summed E-state index contributed by atoms with van der Waals surface area (Å²) in [4.78, 5) is 31.1. The van der Waals surface area contributed by atoms with Crippen LogP contribution in [-0.2, 0) is 5.41 Å². The van der Waals surface area contributed by atoms with E-state index in [4.69, 9.17) is 29.9 Å². The van der Waals surface area contributed by atoms with Gasteiger partial charge in [0, 0.05) is 45.2 Å². The van der Waals surface area contributed by atoms with Crippen LogP contribution < -0.4 is 0 Å². The zero-order valence-corrected chi connectivity index (χ0v) is 43.9. The number of hydrogen-bond donors (Lipinski definition) is 0. The molecule has 378 valence electrons. The maximum atomic E-state index is 5.37. The fourth-order valence-electron chi connectivity index (χ4n) is 13.3. The Bertz CT molecular complexity index is 4490.